The lowest BCUT2D eigenvalue weighted by Crippen LogP contribution is -2.13. The molecular formula is C15H15ClN2O3. The van der Waals surface area contributed by atoms with Crippen LogP contribution in [0.1, 0.15) is 10.4 Å². The Hall–Kier alpha value is -2.40. The van der Waals surface area contributed by atoms with E-state index in [1.165, 1.54) is 13.2 Å². The molecule has 21 heavy (non-hydrogen) atoms. The SMILES string of the molecule is COc1ccc(OC)c(NC(=O)c2ccc(N)c(Cl)c2)c1. The minimum Gasteiger partial charge on any atom is -0.497 e. The normalized spacial score (nSPS) is 10.0. The van der Waals surface area contributed by atoms with Gasteiger partial charge in [0, 0.05) is 11.6 Å². The van der Waals surface area contributed by atoms with Gasteiger partial charge in [0.05, 0.1) is 30.6 Å². The Bertz CT molecular complexity index is 674. The molecule has 0 aliphatic rings. The maximum atomic E-state index is 12.2. The Kier molecular flexibility index (Phi) is 4.55. The number of hydrogen-bond acceptors (Lipinski definition) is 4. The minimum absolute atomic E-state index is 0.316. The summed E-state index contributed by atoms with van der Waals surface area (Å²) in [6.07, 6.45) is 0. The number of nitrogens with two attached hydrogens (primary N) is 1. The lowest BCUT2D eigenvalue weighted by molar-refractivity contribution is 0.102. The van der Waals surface area contributed by atoms with E-state index < -0.39 is 0 Å². The van der Waals surface area contributed by atoms with E-state index in [1.807, 2.05) is 0 Å². The van der Waals surface area contributed by atoms with Gasteiger partial charge in [-0.2, -0.15) is 0 Å². The molecule has 0 saturated heterocycles. The number of carbonyl (C=O) groups is 1. The first-order valence-corrected chi connectivity index (χ1v) is 6.51. The third kappa shape index (κ3) is 3.38. The number of nitrogens with one attached hydrogen (secondary N) is 1. The van der Waals surface area contributed by atoms with Gasteiger partial charge < -0.3 is 20.5 Å². The minimum atomic E-state index is -0.316. The van der Waals surface area contributed by atoms with Crippen LogP contribution in [0, 0.1) is 0 Å². The summed E-state index contributed by atoms with van der Waals surface area (Å²) in [6.45, 7) is 0. The predicted octanol–water partition coefficient (Wildman–Crippen LogP) is 3.19. The molecule has 2 aromatic rings. The van der Waals surface area contributed by atoms with Crippen molar-refractivity contribution in [3.63, 3.8) is 0 Å². The summed E-state index contributed by atoms with van der Waals surface area (Å²) in [5.74, 6) is 0.829. The lowest BCUT2D eigenvalue weighted by Gasteiger charge is -2.12. The van der Waals surface area contributed by atoms with E-state index in [2.05, 4.69) is 5.32 Å². The second-order valence-electron chi connectivity index (χ2n) is 4.26. The first-order chi connectivity index (χ1) is 10.0. The van der Waals surface area contributed by atoms with E-state index in [1.54, 1.807) is 37.4 Å². The highest BCUT2D eigenvalue weighted by Crippen LogP contribution is 2.29. The molecule has 0 radical (unpaired) electrons. The van der Waals surface area contributed by atoms with Crippen LogP contribution in [0.15, 0.2) is 36.4 Å². The van der Waals surface area contributed by atoms with E-state index in [4.69, 9.17) is 26.8 Å². The van der Waals surface area contributed by atoms with E-state index in [-0.39, 0.29) is 5.91 Å². The number of nitrogen functional groups attached to an aromatic ring is 1. The summed E-state index contributed by atoms with van der Waals surface area (Å²) < 4.78 is 10.3. The molecule has 5 nitrogen and oxygen atoms in total. The lowest BCUT2D eigenvalue weighted by atomic mass is 10.2. The molecule has 0 aliphatic carbocycles. The predicted molar refractivity (Wildman–Crippen MR) is 83.4 cm³/mol. The van der Waals surface area contributed by atoms with Gasteiger partial charge >= 0.3 is 0 Å². The van der Waals surface area contributed by atoms with Crippen LogP contribution < -0.4 is 20.5 Å². The molecule has 0 unspecified atom stereocenters. The Balaban J connectivity index is 2.28. The van der Waals surface area contributed by atoms with Gasteiger partial charge in [0.15, 0.2) is 0 Å². The highest BCUT2D eigenvalue weighted by Gasteiger charge is 2.12. The zero-order valence-electron chi connectivity index (χ0n) is 11.6. The number of rotatable bonds is 4. The van der Waals surface area contributed by atoms with Crippen LogP contribution in [0.3, 0.4) is 0 Å². The Morgan fingerprint density at radius 1 is 1.14 bits per heavy atom. The fraction of sp³-hybridized carbons (Fsp3) is 0.133. The van der Waals surface area contributed by atoms with Crippen molar-refractivity contribution in [1.29, 1.82) is 0 Å². The number of carbonyl (C=O) groups excluding carboxylic acids is 1. The average Bonchev–Trinajstić information content (AvgIpc) is 2.49. The highest BCUT2D eigenvalue weighted by molar-refractivity contribution is 6.33. The van der Waals surface area contributed by atoms with E-state index in [0.717, 1.165) is 0 Å². The molecule has 0 bridgehead atoms. The summed E-state index contributed by atoms with van der Waals surface area (Å²) in [5, 5.41) is 3.09. The number of halogens is 1. The molecule has 0 fully saturated rings. The van der Waals surface area contributed by atoms with Gasteiger partial charge in [-0.25, -0.2) is 0 Å². The standard InChI is InChI=1S/C15H15ClN2O3/c1-20-10-4-6-14(21-2)13(8-10)18-15(19)9-3-5-12(17)11(16)7-9/h3-8H,17H2,1-2H3,(H,18,19). The van der Waals surface area contributed by atoms with Crippen molar-refractivity contribution in [1.82, 2.24) is 0 Å². The highest BCUT2D eigenvalue weighted by atomic mass is 35.5. The fourth-order valence-corrected chi connectivity index (χ4v) is 1.96. The number of ether oxygens (including phenoxy) is 2. The summed E-state index contributed by atoms with van der Waals surface area (Å²) in [5.41, 5.74) is 6.96. The summed E-state index contributed by atoms with van der Waals surface area (Å²) in [6, 6.07) is 9.83. The second kappa shape index (κ2) is 6.37. The molecule has 0 spiro atoms. The molecule has 0 heterocycles. The zero-order valence-corrected chi connectivity index (χ0v) is 12.4. The van der Waals surface area contributed by atoms with Crippen LogP contribution in [-0.4, -0.2) is 20.1 Å². The van der Waals surface area contributed by atoms with Crippen LogP contribution >= 0.6 is 11.6 Å². The first kappa shape index (κ1) is 15.0. The number of amides is 1. The summed E-state index contributed by atoms with van der Waals surface area (Å²) in [7, 11) is 3.07. The molecular weight excluding hydrogens is 292 g/mol. The average molecular weight is 307 g/mol. The molecule has 0 atom stereocenters. The summed E-state index contributed by atoms with van der Waals surface area (Å²) >= 11 is 5.92. The van der Waals surface area contributed by atoms with Gasteiger partial charge in [-0.3, -0.25) is 4.79 Å². The smallest absolute Gasteiger partial charge is 0.255 e. The topological polar surface area (TPSA) is 73.6 Å². The largest absolute Gasteiger partial charge is 0.497 e. The second-order valence-corrected chi connectivity index (χ2v) is 4.66. The monoisotopic (exact) mass is 306 g/mol. The number of methoxy groups -OCH3 is 2. The van der Waals surface area contributed by atoms with Crippen molar-refractivity contribution in [3.05, 3.63) is 47.0 Å². The molecule has 1 amide bonds. The van der Waals surface area contributed by atoms with Crippen LogP contribution in [-0.2, 0) is 0 Å². The molecule has 2 aromatic carbocycles. The maximum absolute atomic E-state index is 12.2. The number of anilines is 2. The third-order valence-corrected chi connectivity index (χ3v) is 3.24. The van der Waals surface area contributed by atoms with Crippen LogP contribution in [0.4, 0.5) is 11.4 Å². The molecule has 2 rings (SSSR count). The van der Waals surface area contributed by atoms with Gasteiger partial charge in [0.25, 0.3) is 5.91 Å². The van der Waals surface area contributed by atoms with Gasteiger partial charge in [-0.1, -0.05) is 11.6 Å². The van der Waals surface area contributed by atoms with Gasteiger partial charge in [0.1, 0.15) is 11.5 Å². The van der Waals surface area contributed by atoms with Gasteiger partial charge in [0.2, 0.25) is 0 Å². The molecule has 0 aliphatic heterocycles. The van der Waals surface area contributed by atoms with Gasteiger partial charge in [-0.05, 0) is 30.3 Å². The van der Waals surface area contributed by atoms with Crippen molar-refractivity contribution in [2.75, 3.05) is 25.3 Å². The third-order valence-electron chi connectivity index (χ3n) is 2.92. The van der Waals surface area contributed by atoms with Crippen LogP contribution in [0.25, 0.3) is 0 Å². The van der Waals surface area contributed by atoms with Crippen LogP contribution in [0.5, 0.6) is 11.5 Å². The molecule has 0 aromatic heterocycles. The Morgan fingerprint density at radius 2 is 1.90 bits per heavy atom. The molecule has 0 saturated carbocycles. The Morgan fingerprint density at radius 3 is 2.52 bits per heavy atom. The van der Waals surface area contributed by atoms with Crippen LogP contribution in [0.2, 0.25) is 5.02 Å². The molecule has 6 heteroatoms. The fourth-order valence-electron chi connectivity index (χ4n) is 1.77. The maximum Gasteiger partial charge on any atom is 0.255 e. The number of hydrogen-bond donors (Lipinski definition) is 2. The quantitative estimate of drug-likeness (QED) is 0.851. The molecule has 110 valence electrons. The van der Waals surface area contributed by atoms with Crippen molar-refractivity contribution in [2.24, 2.45) is 0 Å². The van der Waals surface area contributed by atoms with E-state index in [0.29, 0.717) is 33.5 Å². The van der Waals surface area contributed by atoms with E-state index >= 15 is 0 Å². The van der Waals surface area contributed by atoms with Gasteiger partial charge in [-0.15, -0.1) is 0 Å². The van der Waals surface area contributed by atoms with Crippen molar-refractivity contribution in [3.8, 4) is 11.5 Å². The Labute approximate surface area is 127 Å². The number of benzene rings is 2. The van der Waals surface area contributed by atoms with Crippen molar-refractivity contribution in [2.45, 2.75) is 0 Å². The van der Waals surface area contributed by atoms with Crippen molar-refractivity contribution >= 4 is 28.9 Å². The first-order valence-electron chi connectivity index (χ1n) is 6.13. The van der Waals surface area contributed by atoms with E-state index in [9.17, 15) is 4.79 Å². The zero-order chi connectivity index (χ0) is 15.4. The van der Waals surface area contributed by atoms with Crippen molar-refractivity contribution < 1.29 is 14.3 Å². The summed E-state index contributed by atoms with van der Waals surface area (Å²) in [4.78, 5) is 12.2. The molecule has 3 N–H and O–H groups in total.